The maximum absolute atomic E-state index is 13.2. The lowest BCUT2D eigenvalue weighted by Gasteiger charge is -2.29. The molecule has 0 bridgehead atoms. The molecule has 2 N–H and O–H groups in total. The number of halogens is 1. The van der Waals surface area contributed by atoms with Gasteiger partial charge in [0.25, 0.3) is 11.8 Å². The molecule has 0 spiro atoms. The monoisotopic (exact) mass is 536 g/mol. The molecule has 1 heterocycles. The molecule has 0 aromatic heterocycles. The fourth-order valence-corrected chi connectivity index (χ4v) is 3.97. The van der Waals surface area contributed by atoms with Crippen LogP contribution in [-0.4, -0.2) is 28.0 Å². The van der Waals surface area contributed by atoms with Crippen LogP contribution in [-0.2, 0) is 16.2 Å². The molecular weight excluding hydrogens is 520 g/mol. The molecule has 1 aliphatic rings. The number of amides is 2. The number of para-hydroxylation sites is 1. The molecule has 0 unspecified atom stereocenters. The Morgan fingerprint density at radius 3 is 2.50 bits per heavy atom. The molecular formula is C25H17BrN2O5S. The van der Waals surface area contributed by atoms with Crippen molar-refractivity contribution in [2.45, 2.75) is 6.61 Å². The molecule has 34 heavy (non-hydrogen) atoms. The molecule has 1 fully saturated rings. The predicted octanol–water partition coefficient (Wildman–Crippen LogP) is 4.56. The van der Waals surface area contributed by atoms with Gasteiger partial charge >= 0.3 is 5.97 Å². The van der Waals surface area contributed by atoms with Crippen molar-refractivity contribution in [2.24, 2.45) is 0 Å². The Hall–Kier alpha value is -3.82. The van der Waals surface area contributed by atoms with E-state index in [1.54, 1.807) is 54.6 Å². The Labute approximate surface area is 208 Å². The summed E-state index contributed by atoms with van der Waals surface area (Å²) in [6, 6.07) is 20.4. The first-order valence-corrected chi connectivity index (χ1v) is 11.2. The van der Waals surface area contributed by atoms with Crippen LogP contribution in [0.4, 0.5) is 5.69 Å². The predicted molar refractivity (Wildman–Crippen MR) is 135 cm³/mol. The minimum Gasteiger partial charge on any atom is -0.488 e. The number of anilines is 1. The van der Waals surface area contributed by atoms with Crippen LogP contribution in [0.3, 0.4) is 0 Å². The van der Waals surface area contributed by atoms with Gasteiger partial charge in [-0.25, -0.2) is 4.79 Å². The maximum Gasteiger partial charge on any atom is 0.335 e. The third kappa shape index (κ3) is 5.05. The van der Waals surface area contributed by atoms with Crippen LogP contribution in [0.15, 0.2) is 82.8 Å². The average molecular weight is 537 g/mol. The van der Waals surface area contributed by atoms with E-state index >= 15 is 0 Å². The van der Waals surface area contributed by atoms with Gasteiger partial charge in [-0.1, -0.05) is 52.3 Å². The van der Waals surface area contributed by atoms with Crippen LogP contribution in [0, 0.1) is 0 Å². The largest absolute Gasteiger partial charge is 0.488 e. The molecule has 1 saturated heterocycles. The van der Waals surface area contributed by atoms with E-state index < -0.39 is 17.8 Å². The number of nitrogens with zero attached hydrogens (tertiary/aromatic N) is 1. The van der Waals surface area contributed by atoms with Crippen molar-refractivity contribution in [1.29, 1.82) is 0 Å². The standard InChI is InChI=1S/C25H17BrN2O5S/c26-18-5-3-6-19(13-18)28-23(30)20(22(29)27-25(28)34)12-17-4-1-2-7-21(17)33-14-15-8-10-16(11-9-15)24(31)32/h1-13H,14H2,(H,31,32)(H,27,29,34)/b20-12+. The first kappa shape index (κ1) is 23.3. The van der Waals surface area contributed by atoms with Crippen molar-refractivity contribution in [3.63, 3.8) is 0 Å². The van der Waals surface area contributed by atoms with E-state index in [0.717, 1.165) is 10.0 Å². The van der Waals surface area contributed by atoms with Gasteiger partial charge in [0.1, 0.15) is 17.9 Å². The minimum absolute atomic E-state index is 0.000377. The zero-order valence-corrected chi connectivity index (χ0v) is 19.9. The number of thiocarbonyl (C=S) groups is 1. The fraction of sp³-hybridized carbons (Fsp3) is 0.0400. The van der Waals surface area contributed by atoms with Crippen molar-refractivity contribution in [3.8, 4) is 5.75 Å². The number of hydrogen-bond acceptors (Lipinski definition) is 5. The second kappa shape index (κ2) is 9.98. The molecule has 9 heteroatoms. The zero-order valence-electron chi connectivity index (χ0n) is 17.5. The molecule has 1 aliphatic heterocycles. The summed E-state index contributed by atoms with van der Waals surface area (Å²) >= 11 is 8.62. The van der Waals surface area contributed by atoms with Crippen LogP contribution in [0.1, 0.15) is 21.5 Å². The number of benzene rings is 3. The number of aromatic carboxylic acids is 1. The van der Waals surface area contributed by atoms with Crippen molar-refractivity contribution in [1.82, 2.24) is 5.32 Å². The summed E-state index contributed by atoms with van der Waals surface area (Å²) in [5.41, 5.74) is 1.92. The van der Waals surface area contributed by atoms with E-state index in [2.05, 4.69) is 21.2 Å². The topological polar surface area (TPSA) is 95.9 Å². The van der Waals surface area contributed by atoms with Gasteiger partial charge in [-0.3, -0.25) is 19.8 Å². The molecule has 4 rings (SSSR count). The molecule has 3 aromatic carbocycles. The Morgan fingerprint density at radius 2 is 1.79 bits per heavy atom. The number of nitrogens with one attached hydrogen (secondary N) is 1. The molecule has 0 atom stereocenters. The third-order valence-corrected chi connectivity index (χ3v) is 5.76. The number of hydrogen-bond donors (Lipinski definition) is 2. The first-order valence-electron chi connectivity index (χ1n) is 10.0. The van der Waals surface area contributed by atoms with Crippen molar-refractivity contribution in [3.05, 3.63) is 99.5 Å². The number of carbonyl (C=O) groups excluding carboxylic acids is 2. The van der Waals surface area contributed by atoms with Gasteiger partial charge in [0, 0.05) is 10.0 Å². The van der Waals surface area contributed by atoms with Crippen LogP contribution < -0.4 is 15.0 Å². The normalized spacial score (nSPS) is 14.8. The van der Waals surface area contributed by atoms with E-state index in [1.807, 2.05) is 6.07 Å². The second-order valence-corrected chi connectivity index (χ2v) is 8.57. The van der Waals surface area contributed by atoms with E-state index in [9.17, 15) is 14.4 Å². The molecule has 0 saturated carbocycles. The van der Waals surface area contributed by atoms with Crippen molar-refractivity contribution < 1.29 is 24.2 Å². The highest BCUT2D eigenvalue weighted by Gasteiger charge is 2.34. The Kier molecular flexibility index (Phi) is 6.85. The minimum atomic E-state index is -1.00. The number of rotatable bonds is 6. The lowest BCUT2D eigenvalue weighted by atomic mass is 10.1. The van der Waals surface area contributed by atoms with E-state index in [-0.39, 0.29) is 22.9 Å². The molecule has 2 amide bonds. The number of ether oxygens (including phenoxy) is 1. The van der Waals surface area contributed by atoms with Crippen molar-refractivity contribution >= 4 is 62.8 Å². The SMILES string of the molecule is O=C1NC(=S)N(c2cccc(Br)c2)C(=O)/C1=C/c1ccccc1OCc1ccc(C(=O)O)cc1. The Morgan fingerprint density at radius 1 is 1.06 bits per heavy atom. The summed E-state index contributed by atoms with van der Waals surface area (Å²) in [6.07, 6.45) is 1.47. The van der Waals surface area contributed by atoms with Gasteiger partial charge in [0.15, 0.2) is 5.11 Å². The molecule has 170 valence electrons. The van der Waals surface area contributed by atoms with Gasteiger partial charge in [0.05, 0.1) is 11.3 Å². The summed E-state index contributed by atoms with van der Waals surface area (Å²) < 4.78 is 6.67. The fourth-order valence-electron chi connectivity index (χ4n) is 3.30. The highest BCUT2D eigenvalue weighted by molar-refractivity contribution is 9.10. The molecule has 0 radical (unpaired) electrons. The van der Waals surface area contributed by atoms with Gasteiger partial charge in [-0.05, 0) is 60.3 Å². The highest BCUT2D eigenvalue weighted by Crippen LogP contribution is 2.27. The van der Waals surface area contributed by atoms with E-state index in [4.69, 9.17) is 22.1 Å². The molecule has 0 aliphatic carbocycles. The van der Waals surface area contributed by atoms with Crippen molar-refractivity contribution in [2.75, 3.05) is 4.90 Å². The highest BCUT2D eigenvalue weighted by atomic mass is 79.9. The average Bonchev–Trinajstić information content (AvgIpc) is 2.81. The quantitative estimate of drug-likeness (QED) is 0.272. The number of carboxylic acids is 1. The summed E-state index contributed by atoms with van der Waals surface area (Å²) in [4.78, 5) is 38.2. The Balaban J connectivity index is 1.60. The molecule has 3 aromatic rings. The van der Waals surface area contributed by atoms with Gasteiger partial charge in [-0.2, -0.15) is 0 Å². The van der Waals surface area contributed by atoms with Gasteiger partial charge in [0.2, 0.25) is 0 Å². The van der Waals surface area contributed by atoms with Gasteiger partial charge < -0.3 is 9.84 Å². The lowest BCUT2D eigenvalue weighted by molar-refractivity contribution is -0.122. The maximum atomic E-state index is 13.2. The first-order chi connectivity index (χ1) is 16.3. The lowest BCUT2D eigenvalue weighted by Crippen LogP contribution is -2.54. The van der Waals surface area contributed by atoms with Gasteiger partial charge in [-0.15, -0.1) is 0 Å². The zero-order chi connectivity index (χ0) is 24.2. The number of carboxylic acid groups (broad SMARTS) is 1. The summed E-state index contributed by atoms with van der Waals surface area (Å²) in [7, 11) is 0. The summed E-state index contributed by atoms with van der Waals surface area (Å²) in [6.45, 7) is 0.175. The third-order valence-electron chi connectivity index (χ3n) is 4.98. The summed E-state index contributed by atoms with van der Waals surface area (Å²) in [5.74, 6) is -1.69. The second-order valence-electron chi connectivity index (χ2n) is 7.27. The van der Waals surface area contributed by atoms with Crippen LogP contribution in [0.25, 0.3) is 6.08 Å². The van der Waals surface area contributed by atoms with E-state index in [0.29, 0.717) is 17.0 Å². The number of carbonyl (C=O) groups is 3. The molecule has 7 nitrogen and oxygen atoms in total. The van der Waals surface area contributed by atoms with E-state index in [1.165, 1.54) is 23.1 Å². The smallest absolute Gasteiger partial charge is 0.335 e. The van der Waals surface area contributed by atoms with Crippen LogP contribution >= 0.6 is 28.1 Å². The van der Waals surface area contributed by atoms with Crippen LogP contribution in [0.5, 0.6) is 5.75 Å². The van der Waals surface area contributed by atoms with Crippen LogP contribution in [0.2, 0.25) is 0 Å². The Bertz CT molecular complexity index is 1340. The summed E-state index contributed by atoms with van der Waals surface area (Å²) in [5, 5.41) is 11.6.